The molecule has 9 rings (SSSR count). The highest BCUT2D eigenvalue weighted by molar-refractivity contribution is 5.81. The van der Waals surface area contributed by atoms with E-state index in [1.807, 2.05) is 0 Å². The molecule has 46 heavy (non-hydrogen) atoms. The Bertz CT molecular complexity index is 1120. The fourth-order valence-corrected chi connectivity index (χ4v) is 12.6. The fourth-order valence-electron chi connectivity index (χ4n) is 12.6. The van der Waals surface area contributed by atoms with Gasteiger partial charge in [0.25, 0.3) is 0 Å². The van der Waals surface area contributed by atoms with E-state index >= 15 is 0 Å². The van der Waals surface area contributed by atoms with Crippen LogP contribution in [0, 0.1) is 53.3 Å². The maximum atomic E-state index is 12.2. The molecule has 0 amide bonds. The summed E-state index contributed by atoms with van der Waals surface area (Å²) in [6.45, 7) is 4.14. The van der Waals surface area contributed by atoms with E-state index in [1.54, 1.807) is 0 Å². The van der Waals surface area contributed by atoms with Gasteiger partial charge in [0.1, 0.15) is 0 Å². The first-order chi connectivity index (χ1) is 22.6. The molecule has 10 heteroatoms. The number of esters is 1. The van der Waals surface area contributed by atoms with Crippen LogP contribution >= 0.6 is 0 Å². The molecule has 5 heterocycles. The molecule has 8 N–H and O–H groups in total. The molecule has 0 aromatic heterocycles. The second kappa shape index (κ2) is 13.0. The second-order valence-corrected chi connectivity index (χ2v) is 16.8. The van der Waals surface area contributed by atoms with Crippen LogP contribution in [0.5, 0.6) is 0 Å². The van der Waals surface area contributed by atoms with Crippen molar-refractivity contribution in [1.82, 2.24) is 42.5 Å². The highest BCUT2D eigenvalue weighted by Crippen LogP contribution is 2.46. The smallest absolute Gasteiger partial charge is 0.330 e. The van der Waals surface area contributed by atoms with Crippen molar-refractivity contribution >= 4 is 5.97 Å². The maximum absolute atomic E-state index is 12.2. The molecule has 0 aromatic rings. The van der Waals surface area contributed by atoms with Crippen molar-refractivity contribution in [3.63, 3.8) is 0 Å². The highest BCUT2D eigenvalue weighted by atomic mass is 16.5. The van der Waals surface area contributed by atoms with Gasteiger partial charge in [-0.2, -0.15) is 0 Å². The predicted octanol–water partition coefficient (Wildman–Crippen LogP) is 2.56. The minimum atomic E-state index is -0.297. The number of rotatable bonds is 3. The number of fused-ring (bicyclic) bond motifs is 20. The van der Waals surface area contributed by atoms with Crippen LogP contribution in [0.3, 0.4) is 0 Å². The quantitative estimate of drug-likeness (QED) is 0.173. The lowest BCUT2D eigenvalue weighted by molar-refractivity contribution is -0.140. The van der Waals surface area contributed by atoms with Gasteiger partial charge in [-0.3, -0.25) is 42.5 Å². The molecule has 5 aliphatic heterocycles. The summed E-state index contributed by atoms with van der Waals surface area (Å²) in [7, 11) is 0. The van der Waals surface area contributed by atoms with Crippen LogP contribution in [-0.4, -0.2) is 61.9 Å². The third-order valence-electron chi connectivity index (χ3n) is 14.6. The number of hydrogen-bond donors (Lipinski definition) is 8. The molecular formula is C36H60N8O2. The predicted molar refractivity (Wildman–Crippen MR) is 177 cm³/mol. The number of ether oxygens (including phenoxy) is 1. The Balaban J connectivity index is 1.05. The molecule has 5 saturated heterocycles. The first-order valence-corrected chi connectivity index (χ1v) is 19.5. The molecule has 8 bridgehead atoms. The summed E-state index contributed by atoms with van der Waals surface area (Å²) in [5, 5.41) is 33.6. The Hall–Kier alpha value is -1.11. The van der Waals surface area contributed by atoms with Gasteiger partial charge in [0.05, 0.1) is 55.9 Å². The summed E-state index contributed by atoms with van der Waals surface area (Å²) in [6, 6.07) is 0. The summed E-state index contributed by atoms with van der Waals surface area (Å²) in [6.07, 6.45) is 23.2. The van der Waals surface area contributed by atoms with Gasteiger partial charge in [-0.05, 0) is 105 Å². The second-order valence-electron chi connectivity index (χ2n) is 16.8. The Morgan fingerprint density at radius 1 is 0.478 bits per heavy atom. The summed E-state index contributed by atoms with van der Waals surface area (Å²) < 4.78 is 5.75. The summed E-state index contributed by atoms with van der Waals surface area (Å²) in [5.41, 5.74) is 0. The van der Waals surface area contributed by atoms with Gasteiger partial charge < -0.3 is 4.74 Å². The Morgan fingerprint density at radius 3 is 1.17 bits per heavy atom. The molecule has 9 aliphatic rings. The van der Waals surface area contributed by atoms with E-state index in [-0.39, 0.29) is 24.5 Å². The van der Waals surface area contributed by atoms with Crippen molar-refractivity contribution in [3.05, 3.63) is 12.7 Å². The van der Waals surface area contributed by atoms with E-state index < -0.39 is 0 Å². The molecule has 0 aromatic carbocycles. The maximum Gasteiger partial charge on any atom is 0.330 e. The van der Waals surface area contributed by atoms with Crippen molar-refractivity contribution in [1.29, 1.82) is 0 Å². The molecule has 17 atom stereocenters. The Labute approximate surface area is 275 Å². The molecule has 0 radical (unpaired) electrons. The van der Waals surface area contributed by atoms with Crippen LogP contribution in [-0.2, 0) is 9.53 Å². The SMILES string of the molecule is C=CC(=O)OCC1CCCC2C3NC4NC(NC5NC(NC6NC(NC(N3)C12)C1CCCCC61)C1CCCCC51)C1CCCCC41. The number of hydrogen-bond acceptors (Lipinski definition) is 10. The fraction of sp³-hybridized carbons (Fsp3) is 0.917. The minimum absolute atomic E-state index is 0.177. The van der Waals surface area contributed by atoms with Crippen molar-refractivity contribution < 1.29 is 9.53 Å². The van der Waals surface area contributed by atoms with Crippen molar-refractivity contribution in [2.45, 2.75) is 146 Å². The van der Waals surface area contributed by atoms with Crippen LogP contribution in [0.15, 0.2) is 12.7 Å². The van der Waals surface area contributed by atoms with Gasteiger partial charge in [0.15, 0.2) is 0 Å². The standard InChI is InChI=1S/C36H60N8O2/c1-2-27(45)46-18-19-10-9-17-26-28(19)36-43-34-25-16-8-7-15-24(25)32(41-34)39-30-21-12-4-3-11-20(21)29(37-30)38-31-22-13-5-6-14-23(22)33(40-31)42-35(26)44-36/h2,19-26,28-44H,1,3-18H2. The number of nitrogens with one attached hydrogen (secondary N) is 8. The first-order valence-electron chi connectivity index (χ1n) is 19.5. The number of carbonyl (C=O) groups excluding carboxylic acids is 1. The summed E-state index contributed by atoms with van der Waals surface area (Å²) in [4.78, 5) is 12.2. The van der Waals surface area contributed by atoms with E-state index in [1.165, 1.54) is 96.0 Å². The summed E-state index contributed by atoms with van der Waals surface area (Å²) >= 11 is 0. The van der Waals surface area contributed by atoms with E-state index in [9.17, 15) is 4.79 Å². The third-order valence-corrected chi connectivity index (χ3v) is 14.6. The third kappa shape index (κ3) is 5.51. The van der Waals surface area contributed by atoms with Crippen molar-refractivity contribution in [2.75, 3.05) is 6.61 Å². The van der Waals surface area contributed by atoms with E-state index in [0.717, 1.165) is 6.42 Å². The lowest BCUT2D eigenvalue weighted by Gasteiger charge is -2.39. The van der Waals surface area contributed by atoms with Gasteiger partial charge in [-0.25, -0.2) is 4.79 Å². The van der Waals surface area contributed by atoms with Gasteiger partial charge in [0, 0.05) is 6.08 Å². The molecule has 0 spiro atoms. The Morgan fingerprint density at radius 2 is 0.804 bits per heavy atom. The number of carbonyl (C=O) groups is 1. The van der Waals surface area contributed by atoms with E-state index in [2.05, 4.69) is 49.1 Å². The monoisotopic (exact) mass is 636 g/mol. The topological polar surface area (TPSA) is 123 Å². The molecule has 4 aliphatic carbocycles. The van der Waals surface area contributed by atoms with E-state index in [0.29, 0.717) is 90.7 Å². The largest absolute Gasteiger partial charge is 0.462 e. The zero-order valence-electron chi connectivity index (χ0n) is 27.7. The summed E-state index contributed by atoms with van der Waals surface area (Å²) in [5.74, 6) is 4.95. The van der Waals surface area contributed by atoms with Crippen LogP contribution in [0.2, 0.25) is 0 Å². The van der Waals surface area contributed by atoms with Crippen LogP contribution in [0.4, 0.5) is 0 Å². The highest BCUT2D eigenvalue weighted by Gasteiger charge is 2.55. The van der Waals surface area contributed by atoms with Crippen LogP contribution in [0.1, 0.15) is 96.3 Å². The zero-order chi connectivity index (χ0) is 30.8. The van der Waals surface area contributed by atoms with Gasteiger partial charge >= 0.3 is 5.97 Å². The van der Waals surface area contributed by atoms with Crippen molar-refractivity contribution in [3.8, 4) is 0 Å². The van der Waals surface area contributed by atoms with Gasteiger partial charge in [-0.15, -0.1) is 0 Å². The van der Waals surface area contributed by atoms with Gasteiger partial charge in [0.2, 0.25) is 0 Å². The van der Waals surface area contributed by atoms with Crippen LogP contribution in [0.25, 0.3) is 0 Å². The Kier molecular flexibility index (Phi) is 8.72. The molecule has 4 saturated carbocycles. The molecular weight excluding hydrogens is 576 g/mol. The molecule has 10 nitrogen and oxygen atoms in total. The zero-order valence-corrected chi connectivity index (χ0v) is 27.7. The minimum Gasteiger partial charge on any atom is -0.462 e. The van der Waals surface area contributed by atoms with Crippen LogP contribution < -0.4 is 42.5 Å². The molecule has 9 fully saturated rings. The van der Waals surface area contributed by atoms with E-state index in [4.69, 9.17) is 4.74 Å². The average Bonchev–Trinajstić information content (AvgIpc) is 3.83. The van der Waals surface area contributed by atoms with Crippen molar-refractivity contribution in [2.24, 2.45) is 53.3 Å². The molecule has 17 unspecified atom stereocenters. The molecule has 256 valence electrons. The normalized spacial score (nSPS) is 53.0. The van der Waals surface area contributed by atoms with Gasteiger partial charge in [-0.1, -0.05) is 51.5 Å². The average molecular weight is 637 g/mol. The first kappa shape index (κ1) is 30.9. The lowest BCUT2D eigenvalue weighted by Crippen LogP contribution is -2.61. The lowest BCUT2D eigenvalue weighted by atomic mass is 9.71.